The van der Waals surface area contributed by atoms with Crippen LogP contribution in [0, 0.1) is 15.9 Å². The number of nitro benzene ring substituents is 1. The fraction of sp³-hybridized carbons (Fsp3) is 0. The molecule has 2 aromatic rings. The molecular weight excluding hydrogens is 255 g/mol. The molecule has 1 aliphatic heterocycles. The topological polar surface area (TPSA) is 55.2 Å². The van der Waals surface area contributed by atoms with Gasteiger partial charge in [0, 0.05) is 21.9 Å². The van der Waals surface area contributed by atoms with Crippen molar-refractivity contribution in [1.82, 2.24) is 0 Å². The smallest absolute Gasteiger partial charge is 0.270 e. The molecule has 0 spiro atoms. The maximum atomic E-state index is 13.1. The summed E-state index contributed by atoms with van der Waals surface area (Å²) in [7, 11) is 0. The highest BCUT2D eigenvalue weighted by Gasteiger charge is 2.18. The summed E-state index contributed by atoms with van der Waals surface area (Å²) in [4.78, 5) is 11.9. The van der Waals surface area contributed by atoms with E-state index in [4.69, 9.17) is 0 Å². The molecule has 0 atom stereocenters. The molecule has 0 aromatic heterocycles. The second kappa shape index (κ2) is 3.99. The Morgan fingerprint density at radius 1 is 1.11 bits per heavy atom. The molecule has 6 heteroatoms. The number of nitro groups is 1. The number of halogens is 1. The van der Waals surface area contributed by atoms with Gasteiger partial charge in [0.15, 0.2) is 0 Å². The molecule has 0 unspecified atom stereocenters. The lowest BCUT2D eigenvalue weighted by atomic mass is 10.2. The predicted octanol–water partition coefficient (Wildman–Crippen LogP) is 3.94. The number of hydrogen-bond acceptors (Lipinski definition) is 4. The zero-order valence-corrected chi connectivity index (χ0v) is 9.83. The maximum Gasteiger partial charge on any atom is 0.270 e. The molecule has 1 aliphatic rings. The molecule has 0 bridgehead atoms. The van der Waals surface area contributed by atoms with E-state index < -0.39 is 4.92 Å². The van der Waals surface area contributed by atoms with Gasteiger partial charge in [-0.25, -0.2) is 4.39 Å². The summed E-state index contributed by atoms with van der Waals surface area (Å²) in [5.74, 6) is -0.313. The molecule has 0 radical (unpaired) electrons. The number of hydrogen-bond donors (Lipinski definition) is 1. The van der Waals surface area contributed by atoms with Crippen molar-refractivity contribution in [1.29, 1.82) is 0 Å². The van der Waals surface area contributed by atoms with Crippen molar-refractivity contribution < 1.29 is 9.31 Å². The van der Waals surface area contributed by atoms with E-state index in [-0.39, 0.29) is 11.5 Å². The number of fused-ring (bicyclic) bond motifs is 2. The van der Waals surface area contributed by atoms with Crippen LogP contribution in [0.25, 0.3) is 0 Å². The molecule has 0 saturated heterocycles. The summed E-state index contributed by atoms with van der Waals surface area (Å²) in [6.07, 6.45) is 0. The Kier molecular flexibility index (Phi) is 2.45. The van der Waals surface area contributed by atoms with E-state index in [1.807, 2.05) is 0 Å². The van der Waals surface area contributed by atoms with Gasteiger partial charge in [-0.3, -0.25) is 10.1 Å². The first-order chi connectivity index (χ1) is 8.63. The van der Waals surface area contributed by atoms with Gasteiger partial charge < -0.3 is 5.32 Å². The van der Waals surface area contributed by atoms with Gasteiger partial charge in [0.1, 0.15) is 5.82 Å². The molecule has 0 fully saturated rings. The number of benzene rings is 2. The summed E-state index contributed by atoms with van der Waals surface area (Å²) in [6, 6.07) is 9.01. The van der Waals surface area contributed by atoms with Crippen molar-refractivity contribution in [3.8, 4) is 0 Å². The molecule has 0 saturated carbocycles. The van der Waals surface area contributed by atoms with Gasteiger partial charge in [0.25, 0.3) is 5.69 Å². The van der Waals surface area contributed by atoms with Crippen LogP contribution in [-0.4, -0.2) is 4.92 Å². The largest absolute Gasteiger partial charge is 0.354 e. The van der Waals surface area contributed by atoms with Crippen LogP contribution in [0.5, 0.6) is 0 Å². The molecule has 2 aromatic carbocycles. The lowest BCUT2D eigenvalue weighted by molar-refractivity contribution is -0.385. The van der Waals surface area contributed by atoms with E-state index in [9.17, 15) is 14.5 Å². The van der Waals surface area contributed by atoms with Crippen LogP contribution in [0.2, 0.25) is 0 Å². The zero-order valence-electron chi connectivity index (χ0n) is 9.01. The molecular formula is C12H7FN2O2S. The van der Waals surface area contributed by atoms with Crippen LogP contribution in [-0.2, 0) is 0 Å². The van der Waals surface area contributed by atoms with Crippen LogP contribution in [0.1, 0.15) is 0 Å². The minimum absolute atomic E-state index is 0.0496. The molecule has 4 nitrogen and oxygen atoms in total. The summed E-state index contributed by atoms with van der Waals surface area (Å²) in [6.45, 7) is 0. The van der Waals surface area contributed by atoms with Crippen LogP contribution < -0.4 is 5.32 Å². The Labute approximate surface area is 106 Å². The Morgan fingerprint density at radius 2 is 1.94 bits per heavy atom. The first-order valence-corrected chi connectivity index (χ1v) is 5.98. The molecule has 0 amide bonds. The summed E-state index contributed by atoms with van der Waals surface area (Å²) >= 11 is 1.39. The van der Waals surface area contributed by atoms with Crippen molar-refractivity contribution in [3.63, 3.8) is 0 Å². The zero-order chi connectivity index (χ0) is 12.7. The normalized spacial score (nSPS) is 12.3. The van der Waals surface area contributed by atoms with E-state index in [1.54, 1.807) is 12.1 Å². The highest BCUT2D eigenvalue weighted by atomic mass is 32.2. The first-order valence-electron chi connectivity index (χ1n) is 5.16. The number of nitrogens with zero attached hydrogens (tertiary/aromatic N) is 1. The number of nitrogens with one attached hydrogen (secondary N) is 1. The quantitative estimate of drug-likeness (QED) is 0.533. The molecule has 1 N–H and O–H groups in total. The van der Waals surface area contributed by atoms with Crippen molar-refractivity contribution in [2.75, 3.05) is 5.32 Å². The van der Waals surface area contributed by atoms with E-state index >= 15 is 0 Å². The van der Waals surface area contributed by atoms with E-state index in [2.05, 4.69) is 5.32 Å². The van der Waals surface area contributed by atoms with Gasteiger partial charge in [0.2, 0.25) is 0 Å². The maximum absolute atomic E-state index is 13.1. The number of anilines is 2. The molecule has 3 rings (SSSR count). The Morgan fingerprint density at radius 3 is 2.72 bits per heavy atom. The fourth-order valence-electron chi connectivity index (χ4n) is 1.76. The lowest BCUT2D eigenvalue weighted by Crippen LogP contribution is -2.01. The number of rotatable bonds is 1. The van der Waals surface area contributed by atoms with Crippen molar-refractivity contribution >= 4 is 28.8 Å². The fourth-order valence-corrected chi connectivity index (χ4v) is 2.77. The second-order valence-electron chi connectivity index (χ2n) is 3.81. The van der Waals surface area contributed by atoms with Crippen LogP contribution in [0.3, 0.4) is 0 Å². The Balaban J connectivity index is 2.05. The van der Waals surface area contributed by atoms with Gasteiger partial charge >= 0.3 is 0 Å². The average molecular weight is 262 g/mol. The van der Waals surface area contributed by atoms with Crippen molar-refractivity contribution in [3.05, 3.63) is 52.3 Å². The van der Waals surface area contributed by atoms with E-state index in [0.29, 0.717) is 5.69 Å². The summed E-state index contributed by atoms with van der Waals surface area (Å²) in [5.41, 5.74) is 1.48. The third kappa shape index (κ3) is 1.80. The first kappa shape index (κ1) is 11.0. The third-order valence-electron chi connectivity index (χ3n) is 2.61. The standard InChI is InChI=1S/C12H7FN2O2S/c13-7-1-4-11-10(5-7)14-9-3-2-8(15(16)17)6-12(9)18-11/h1-6,14H. The third-order valence-corrected chi connectivity index (χ3v) is 3.74. The predicted molar refractivity (Wildman–Crippen MR) is 66.9 cm³/mol. The summed E-state index contributed by atoms with van der Waals surface area (Å²) in [5, 5.41) is 13.8. The monoisotopic (exact) mass is 262 g/mol. The van der Waals surface area contributed by atoms with Crippen LogP contribution in [0.15, 0.2) is 46.2 Å². The van der Waals surface area contributed by atoms with Gasteiger partial charge in [0.05, 0.1) is 16.3 Å². The van der Waals surface area contributed by atoms with Crippen molar-refractivity contribution in [2.45, 2.75) is 9.79 Å². The molecule has 1 heterocycles. The van der Waals surface area contributed by atoms with Gasteiger partial charge in [-0.2, -0.15) is 0 Å². The molecule has 90 valence electrons. The van der Waals surface area contributed by atoms with Crippen molar-refractivity contribution in [2.24, 2.45) is 0 Å². The second-order valence-corrected chi connectivity index (χ2v) is 4.89. The molecule has 18 heavy (non-hydrogen) atoms. The minimum Gasteiger partial charge on any atom is -0.354 e. The Bertz CT molecular complexity index is 661. The van der Waals surface area contributed by atoms with Gasteiger partial charge in [-0.15, -0.1) is 0 Å². The lowest BCUT2D eigenvalue weighted by Gasteiger charge is -2.20. The Hall–Kier alpha value is -2.08. The van der Waals surface area contributed by atoms with Crippen LogP contribution >= 0.6 is 11.8 Å². The highest BCUT2D eigenvalue weighted by Crippen LogP contribution is 2.45. The average Bonchev–Trinajstić information content (AvgIpc) is 2.35. The SMILES string of the molecule is O=[N+]([O-])c1ccc2c(c1)Sc1ccc(F)cc1N2. The summed E-state index contributed by atoms with van der Waals surface area (Å²) < 4.78 is 13.1. The van der Waals surface area contributed by atoms with E-state index in [1.165, 1.54) is 36.0 Å². The minimum atomic E-state index is -0.430. The van der Waals surface area contributed by atoms with Gasteiger partial charge in [-0.05, 0) is 24.3 Å². The number of non-ortho nitro benzene ring substituents is 1. The van der Waals surface area contributed by atoms with E-state index in [0.717, 1.165) is 15.5 Å². The van der Waals surface area contributed by atoms with Gasteiger partial charge in [-0.1, -0.05) is 11.8 Å². The molecule has 0 aliphatic carbocycles. The van der Waals surface area contributed by atoms with Crippen LogP contribution in [0.4, 0.5) is 21.5 Å². The highest BCUT2D eigenvalue weighted by molar-refractivity contribution is 7.99.